The molecule has 0 aromatic heterocycles. The average Bonchev–Trinajstić information content (AvgIpc) is 0.787. The molecule has 0 N–H and O–H groups in total. The molecular formula is C92H60. The van der Waals surface area contributed by atoms with E-state index in [-0.39, 0.29) is 0 Å². The molecule has 0 amide bonds. The number of hydrogen-bond donors (Lipinski definition) is 0. The monoisotopic (exact) mass is 1160 g/mol. The lowest BCUT2D eigenvalue weighted by atomic mass is 9.85. The second kappa shape index (κ2) is 23.2. The molecule has 0 aliphatic heterocycles. The molecule has 0 heteroatoms. The molecular weight excluding hydrogens is 1110 g/mol. The van der Waals surface area contributed by atoms with E-state index in [1.807, 2.05) is 0 Å². The summed E-state index contributed by atoms with van der Waals surface area (Å²) < 4.78 is 0. The van der Waals surface area contributed by atoms with Gasteiger partial charge in [0.05, 0.1) is 0 Å². The van der Waals surface area contributed by atoms with Crippen LogP contribution in [0, 0.1) is 0 Å². The van der Waals surface area contributed by atoms with Gasteiger partial charge in [0.25, 0.3) is 0 Å². The molecule has 0 saturated carbocycles. The maximum absolute atomic E-state index is 2.36. The fraction of sp³-hybridized carbons (Fsp3) is 0. The van der Waals surface area contributed by atoms with Gasteiger partial charge in [-0.25, -0.2) is 0 Å². The van der Waals surface area contributed by atoms with Crippen molar-refractivity contribution in [2.75, 3.05) is 0 Å². The molecule has 18 aromatic rings. The van der Waals surface area contributed by atoms with Crippen LogP contribution < -0.4 is 0 Å². The van der Waals surface area contributed by atoms with Gasteiger partial charge >= 0.3 is 0 Å². The Morgan fingerprint density at radius 2 is 0.348 bits per heavy atom. The Balaban J connectivity index is 0.000000141. The summed E-state index contributed by atoms with van der Waals surface area (Å²) >= 11 is 0. The van der Waals surface area contributed by atoms with Gasteiger partial charge in [-0.05, 0) is 206 Å². The zero-order valence-electron chi connectivity index (χ0n) is 50.6. The van der Waals surface area contributed by atoms with Crippen LogP contribution >= 0.6 is 0 Å². The van der Waals surface area contributed by atoms with Gasteiger partial charge in [0, 0.05) is 0 Å². The van der Waals surface area contributed by atoms with Gasteiger partial charge in [-0.3, -0.25) is 0 Å². The fourth-order valence-electron chi connectivity index (χ4n) is 14.4. The first kappa shape index (κ1) is 54.2. The Morgan fingerprint density at radius 1 is 0.109 bits per heavy atom. The van der Waals surface area contributed by atoms with Crippen LogP contribution in [0.3, 0.4) is 0 Å². The van der Waals surface area contributed by atoms with Gasteiger partial charge in [0.2, 0.25) is 0 Å². The smallest absolute Gasteiger partial charge is 0.00262 e. The molecule has 0 aliphatic carbocycles. The minimum absolute atomic E-state index is 1.23. The fourth-order valence-corrected chi connectivity index (χ4v) is 14.4. The SMILES string of the molecule is c1ccc(-c2ccc3cc(-c4c5ccccc5c(-c5ccc(-c6ccc7ccccc7c6)cc5)c5ccccc45)ccc3c2)cc1.c1ccc(-c2ccc3cc(-c4c5ccccc5c(-c5ccc(-c6cccc7ccccc67)cc5)c5ccccc45)ccc3c2)cc1. The minimum Gasteiger partial charge on any atom is -0.0622 e. The standard InChI is InChI=1S/2C46H30/c1-2-11-31(12-3-1)35-25-26-37-30-38(28-27-36(37)29-35)46-43-18-8-6-16-41(43)45(42-17-7-9-19-44(42)46)34-23-21-33(22-24-34)40-20-10-14-32-13-4-5-15-39(32)40;1-2-10-31(11-3-1)36-24-25-39-30-40(27-26-38(39)29-36)46-43-16-8-6-14-41(43)45(42-15-7-9-17-44(42)46)34-21-18-33(19-22-34)37-23-20-32-12-4-5-13-35(32)28-37/h2*1-30H. The highest BCUT2D eigenvalue weighted by Gasteiger charge is 2.20. The Labute approximate surface area is 535 Å². The van der Waals surface area contributed by atoms with Crippen LogP contribution in [-0.2, 0) is 0 Å². The number of hydrogen-bond acceptors (Lipinski definition) is 0. The lowest BCUT2D eigenvalue weighted by Crippen LogP contribution is -1.91. The first-order chi connectivity index (χ1) is 45.6. The third-order valence-electron chi connectivity index (χ3n) is 18.9. The largest absolute Gasteiger partial charge is 0.0622 e. The van der Waals surface area contributed by atoms with E-state index >= 15 is 0 Å². The van der Waals surface area contributed by atoms with Crippen molar-refractivity contribution in [1.29, 1.82) is 0 Å². The van der Waals surface area contributed by atoms with Crippen molar-refractivity contribution in [1.82, 2.24) is 0 Å². The van der Waals surface area contributed by atoms with E-state index in [1.165, 1.54) is 175 Å². The molecule has 0 nitrogen and oxygen atoms in total. The summed E-state index contributed by atoms with van der Waals surface area (Å²) in [5, 5.41) is 20.3. The highest BCUT2D eigenvalue weighted by Crippen LogP contribution is 2.47. The van der Waals surface area contributed by atoms with Crippen LogP contribution in [0.5, 0.6) is 0 Å². The summed E-state index contributed by atoms with van der Waals surface area (Å²) in [6.07, 6.45) is 0. The van der Waals surface area contributed by atoms with Gasteiger partial charge in [0.15, 0.2) is 0 Å². The molecule has 0 spiro atoms. The van der Waals surface area contributed by atoms with Crippen molar-refractivity contribution in [2.24, 2.45) is 0 Å². The van der Waals surface area contributed by atoms with Gasteiger partial charge < -0.3 is 0 Å². The summed E-state index contributed by atoms with van der Waals surface area (Å²) in [6.45, 7) is 0. The Hall–Kier alpha value is -12.0. The van der Waals surface area contributed by atoms with E-state index in [4.69, 9.17) is 0 Å². The zero-order chi connectivity index (χ0) is 60.9. The Bertz CT molecular complexity index is 5710. The molecule has 0 atom stereocenters. The van der Waals surface area contributed by atoms with Gasteiger partial charge in [-0.2, -0.15) is 0 Å². The van der Waals surface area contributed by atoms with E-state index in [2.05, 4.69) is 364 Å². The van der Waals surface area contributed by atoms with Crippen LogP contribution in [0.15, 0.2) is 364 Å². The highest BCUT2D eigenvalue weighted by molar-refractivity contribution is 6.23. The van der Waals surface area contributed by atoms with Crippen molar-refractivity contribution in [2.45, 2.75) is 0 Å². The van der Waals surface area contributed by atoms with E-state index < -0.39 is 0 Å². The van der Waals surface area contributed by atoms with Crippen molar-refractivity contribution in [3.05, 3.63) is 364 Å². The van der Waals surface area contributed by atoms with Gasteiger partial charge in [0.1, 0.15) is 0 Å². The van der Waals surface area contributed by atoms with Crippen molar-refractivity contribution < 1.29 is 0 Å². The predicted octanol–water partition coefficient (Wildman–Crippen LogP) is 25.9. The van der Waals surface area contributed by atoms with Crippen LogP contribution in [0.4, 0.5) is 0 Å². The normalized spacial score (nSPS) is 11.5. The lowest BCUT2D eigenvalue weighted by Gasteiger charge is -2.18. The van der Waals surface area contributed by atoms with E-state index in [9.17, 15) is 0 Å². The van der Waals surface area contributed by atoms with E-state index in [0.29, 0.717) is 0 Å². The van der Waals surface area contributed by atoms with Gasteiger partial charge in [-0.1, -0.05) is 334 Å². The zero-order valence-corrected chi connectivity index (χ0v) is 50.6. The minimum atomic E-state index is 1.23. The summed E-state index contributed by atoms with van der Waals surface area (Å²) in [5.41, 5.74) is 20.0. The maximum Gasteiger partial charge on any atom is -0.00262 e. The molecule has 92 heavy (non-hydrogen) atoms. The number of benzene rings is 18. The van der Waals surface area contributed by atoms with Gasteiger partial charge in [-0.15, -0.1) is 0 Å². The molecule has 18 aromatic carbocycles. The Kier molecular flexibility index (Phi) is 13.7. The first-order valence-corrected chi connectivity index (χ1v) is 31.9. The van der Waals surface area contributed by atoms with E-state index in [1.54, 1.807) is 0 Å². The molecule has 0 heterocycles. The van der Waals surface area contributed by atoms with E-state index in [0.717, 1.165) is 0 Å². The molecule has 18 rings (SSSR count). The van der Waals surface area contributed by atoms with Crippen LogP contribution in [0.25, 0.3) is 175 Å². The quantitative estimate of drug-likeness (QED) is 0.133. The predicted molar refractivity (Wildman–Crippen MR) is 396 cm³/mol. The third kappa shape index (κ3) is 9.83. The second-order valence-electron chi connectivity index (χ2n) is 24.2. The van der Waals surface area contributed by atoms with Crippen molar-refractivity contribution in [3.63, 3.8) is 0 Å². The number of rotatable bonds is 8. The van der Waals surface area contributed by atoms with Crippen molar-refractivity contribution in [3.8, 4) is 89.0 Å². The molecule has 0 radical (unpaired) electrons. The lowest BCUT2D eigenvalue weighted by molar-refractivity contribution is 1.63. The van der Waals surface area contributed by atoms with Crippen LogP contribution in [-0.4, -0.2) is 0 Å². The number of fused-ring (bicyclic) bond motifs is 8. The van der Waals surface area contributed by atoms with Crippen LogP contribution in [0.2, 0.25) is 0 Å². The van der Waals surface area contributed by atoms with Crippen LogP contribution in [0.1, 0.15) is 0 Å². The average molecular weight is 1170 g/mol. The molecule has 0 aliphatic rings. The summed E-state index contributed by atoms with van der Waals surface area (Å²) in [5.74, 6) is 0. The second-order valence-corrected chi connectivity index (χ2v) is 24.2. The molecule has 428 valence electrons. The Morgan fingerprint density at radius 3 is 0.750 bits per heavy atom. The highest BCUT2D eigenvalue weighted by atomic mass is 14.2. The molecule has 0 unspecified atom stereocenters. The third-order valence-corrected chi connectivity index (χ3v) is 18.9. The topological polar surface area (TPSA) is 0 Å². The first-order valence-electron chi connectivity index (χ1n) is 31.9. The maximum atomic E-state index is 2.36. The summed E-state index contributed by atoms with van der Waals surface area (Å²) in [7, 11) is 0. The summed E-state index contributed by atoms with van der Waals surface area (Å²) in [4.78, 5) is 0. The molecule has 0 saturated heterocycles. The molecule has 0 bridgehead atoms. The molecule has 0 fully saturated rings. The summed E-state index contributed by atoms with van der Waals surface area (Å²) in [6, 6.07) is 133. The van der Waals surface area contributed by atoms with Crippen molar-refractivity contribution >= 4 is 86.2 Å².